The molecule has 3 heterocycles. The molecule has 3 aromatic rings. The van der Waals surface area contributed by atoms with E-state index >= 15 is 0 Å². The van der Waals surface area contributed by atoms with Gasteiger partial charge >= 0.3 is 0 Å². The first-order chi connectivity index (χ1) is 11.2. The molecule has 4 heteroatoms. The van der Waals surface area contributed by atoms with Crippen LogP contribution in [0.15, 0.2) is 30.3 Å². The van der Waals surface area contributed by atoms with Crippen LogP contribution in [-0.4, -0.2) is 23.3 Å². The van der Waals surface area contributed by atoms with Gasteiger partial charge in [-0.25, -0.2) is 0 Å². The molecule has 4 rings (SSSR count). The van der Waals surface area contributed by atoms with E-state index in [1.165, 1.54) is 39.8 Å². The van der Waals surface area contributed by atoms with Crippen molar-refractivity contribution < 1.29 is 0 Å². The van der Waals surface area contributed by atoms with Crippen LogP contribution in [-0.2, 0) is 0 Å². The predicted octanol–water partition coefficient (Wildman–Crippen LogP) is 4.44. The van der Waals surface area contributed by atoms with Gasteiger partial charge < -0.3 is 5.32 Å². The van der Waals surface area contributed by atoms with Gasteiger partial charge in [-0.15, -0.1) is 21.5 Å². The molecule has 0 amide bonds. The van der Waals surface area contributed by atoms with Crippen molar-refractivity contribution in [1.82, 2.24) is 15.5 Å². The van der Waals surface area contributed by atoms with E-state index in [2.05, 4.69) is 59.7 Å². The smallest absolute Gasteiger partial charge is 0.146 e. The molecule has 0 aliphatic carbocycles. The Kier molecular flexibility index (Phi) is 3.87. The van der Waals surface area contributed by atoms with Crippen LogP contribution in [0.1, 0.15) is 34.8 Å². The monoisotopic (exact) mass is 323 g/mol. The SMILES string of the molecule is Cc1ccccc1-c1cc2c(C)c(C3CCNCC3)sc2nn1. The number of nitrogens with one attached hydrogen (secondary N) is 1. The zero-order chi connectivity index (χ0) is 15.8. The van der Waals surface area contributed by atoms with Gasteiger partial charge in [-0.1, -0.05) is 24.3 Å². The first-order valence-corrected chi connectivity index (χ1v) is 9.09. The topological polar surface area (TPSA) is 37.8 Å². The standard InChI is InChI=1S/C19H21N3S/c1-12-5-3-4-6-15(12)17-11-16-13(2)18(23-19(16)22-21-17)14-7-9-20-10-8-14/h3-6,11,14,20H,7-10H2,1-2H3. The molecule has 0 bridgehead atoms. The van der Waals surface area contributed by atoms with Gasteiger partial charge in [0.2, 0.25) is 0 Å². The van der Waals surface area contributed by atoms with Crippen molar-refractivity contribution in [2.75, 3.05) is 13.1 Å². The zero-order valence-electron chi connectivity index (χ0n) is 13.6. The third kappa shape index (κ3) is 2.66. The Labute approximate surface area is 140 Å². The van der Waals surface area contributed by atoms with Crippen molar-refractivity contribution in [3.05, 3.63) is 46.3 Å². The Morgan fingerprint density at radius 1 is 1.09 bits per heavy atom. The molecule has 118 valence electrons. The summed E-state index contributed by atoms with van der Waals surface area (Å²) in [6.07, 6.45) is 2.46. The Morgan fingerprint density at radius 3 is 2.65 bits per heavy atom. The van der Waals surface area contributed by atoms with Gasteiger partial charge in [0.15, 0.2) is 0 Å². The molecule has 1 aliphatic heterocycles. The quantitative estimate of drug-likeness (QED) is 0.757. The van der Waals surface area contributed by atoms with Crippen molar-refractivity contribution in [2.24, 2.45) is 0 Å². The second-order valence-corrected chi connectivity index (χ2v) is 7.41. The summed E-state index contributed by atoms with van der Waals surface area (Å²) in [7, 11) is 0. The fourth-order valence-corrected chi connectivity index (χ4v) is 4.78. The average Bonchev–Trinajstić information content (AvgIpc) is 2.93. The van der Waals surface area contributed by atoms with Crippen LogP contribution >= 0.6 is 11.3 Å². The van der Waals surface area contributed by atoms with E-state index in [0.717, 1.165) is 23.6 Å². The number of benzene rings is 1. The van der Waals surface area contributed by atoms with Crippen LogP contribution in [0.25, 0.3) is 21.5 Å². The third-order valence-electron chi connectivity index (χ3n) is 4.87. The molecular formula is C19H21N3S. The number of rotatable bonds is 2. The van der Waals surface area contributed by atoms with Crippen LogP contribution in [0.3, 0.4) is 0 Å². The summed E-state index contributed by atoms with van der Waals surface area (Å²) in [6, 6.07) is 10.6. The first-order valence-electron chi connectivity index (χ1n) is 8.27. The summed E-state index contributed by atoms with van der Waals surface area (Å²) in [6.45, 7) is 6.62. The van der Waals surface area contributed by atoms with Crippen LogP contribution in [0.5, 0.6) is 0 Å². The normalized spacial score (nSPS) is 16.1. The fourth-order valence-electron chi connectivity index (χ4n) is 3.50. The summed E-state index contributed by atoms with van der Waals surface area (Å²) < 4.78 is 0. The van der Waals surface area contributed by atoms with Crippen molar-refractivity contribution in [3.63, 3.8) is 0 Å². The lowest BCUT2D eigenvalue weighted by Crippen LogP contribution is -2.26. The maximum absolute atomic E-state index is 4.53. The van der Waals surface area contributed by atoms with Crippen molar-refractivity contribution >= 4 is 21.6 Å². The lowest BCUT2D eigenvalue weighted by atomic mass is 9.93. The molecule has 23 heavy (non-hydrogen) atoms. The second-order valence-electron chi connectivity index (χ2n) is 6.38. The van der Waals surface area contributed by atoms with E-state index in [-0.39, 0.29) is 0 Å². The number of nitrogens with zero attached hydrogens (tertiary/aromatic N) is 2. The van der Waals surface area contributed by atoms with Gasteiger partial charge in [-0.3, -0.25) is 0 Å². The molecule has 1 fully saturated rings. The van der Waals surface area contributed by atoms with Crippen LogP contribution in [0.4, 0.5) is 0 Å². The molecule has 0 unspecified atom stereocenters. The number of hydrogen-bond acceptors (Lipinski definition) is 4. The van der Waals surface area contributed by atoms with Gasteiger partial charge in [-0.05, 0) is 62.9 Å². The minimum atomic E-state index is 0.678. The number of aromatic nitrogens is 2. The van der Waals surface area contributed by atoms with Gasteiger partial charge in [-0.2, -0.15) is 0 Å². The third-order valence-corrected chi connectivity index (χ3v) is 6.23. The number of fused-ring (bicyclic) bond motifs is 1. The molecule has 0 saturated carbocycles. The molecule has 0 spiro atoms. The fraction of sp³-hybridized carbons (Fsp3) is 0.368. The first kappa shape index (κ1) is 14.8. The lowest BCUT2D eigenvalue weighted by molar-refractivity contribution is 0.464. The van der Waals surface area contributed by atoms with E-state index in [0.29, 0.717) is 5.92 Å². The second kappa shape index (κ2) is 6.02. The molecule has 1 N–H and O–H groups in total. The van der Waals surface area contributed by atoms with E-state index in [1.54, 1.807) is 0 Å². The minimum absolute atomic E-state index is 0.678. The molecular weight excluding hydrogens is 302 g/mol. The zero-order valence-corrected chi connectivity index (χ0v) is 14.4. The van der Waals surface area contributed by atoms with E-state index in [9.17, 15) is 0 Å². The van der Waals surface area contributed by atoms with Crippen molar-refractivity contribution in [3.8, 4) is 11.3 Å². The van der Waals surface area contributed by atoms with E-state index < -0.39 is 0 Å². The van der Waals surface area contributed by atoms with Crippen LogP contribution < -0.4 is 5.32 Å². The Bertz CT molecular complexity index is 847. The summed E-state index contributed by atoms with van der Waals surface area (Å²) in [5.74, 6) is 0.678. The van der Waals surface area contributed by atoms with Crippen molar-refractivity contribution in [1.29, 1.82) is 0 Å². The molecule has 0 atom stereocenters. The number of aryl methyl sites for hydroxylation is 2. The Morgan fingerprint density at radius 2 is 1.87 bits per heavy atom. The summed E-state index contributed by atoms with van der Waals surface area (Å²) in [4.78, 5) is 2.59. The predicted molar refractivity (Wildman–Crippen MR) is 97.2 cm³/mol. The average molecular weight is 323 g/mol. The molecule has 0 radical (unpaired) electrons. The summed E-state index contributed by atoms with van der Waals surface area (Å²) in [5.41, 5.74) is 4.80. The highest BCUT2D eigenvalue weighted by atomic mass is 32.1. The van der Waals surface area contributed by atoms with Gasteiger partial charge in [0.25, 0.3) is 0 Å². The van der Waals surface area contributed by atoms with Gasteiger partial charge in [0.05, 0.1) is 5.69 Å². The molecule has 3 nitrogen and oxygen atoms in total. The van der Waals surface area contributed by atoms with Crippen LogP contribution in [0.2, 0.25) is 0 Å². The minimum Gasteiger partial charge on any atom is -0.317 e. The van der Waals surface area contributed by atoms with Gasteiger partial charge in [0, 0.05) is 15.8 Å². The highest BCUT2D eigenvalue weighted by molar-refractivity contribution is 7.18. The largest absolute Gasteiger partial charge is 0.317 e. The highest BCUT2D eigenvalue weighted by Crippen LogP contribution is 2.39. The number of thiophene rings is 1. The molecule has 1 saturated heterocycles. The molecule has 1 aromatic carbocycles. The summed E-state index contributed by atoms with van der Waals surface area (Å²) in [5, 5.41) is 13.7. The lowest BCUT2D eigenvalue weighted by Gasteiger charge is -2.22. The summed E-state index contributed by atoms with van der Waals surface area (Å²) >= 11 is 1.84. The maximum Gasteiger partial charge on any atom is 0.146 e. The van der Waals surface area contributed by atoms with E-state index in [1.807, 2.05) is 11.3 Å². The van der Waals surface area contributed by atoms with E-state index in [4.69, 9.17) is 0 Å². The van der Waals surface area contributed by atoms with Crippen LogP contribution in [0, 0.1) is 13.8 Å². The Balaban J connectivity index is 1.80. The highest BCUT2D eigenvalue weighted by Gasteiger charge is 2.21. The Hall–Kier alpha value is -1.78. The maximum atomic E-state index is 4.53. The number of hydrogen-bond donors (Lipinski definition) is 1. The van der Waals surface area contributed by atoms with Crippen molar-refractivity contribution in [2.45, 2.75) is 32.6 Å². The number of piperidine rings is 1. The molecule has 2 aromatic heterocycles. The molecule has 1 aliphatic rings. The van der Waals surface area contributed by atoms with Gasteiger partial charge in [0.1, 0.15) is 4.83 Å².